The molecule has 0 unspecified atom stereocenters. The molecular formula is C9H17N5O. The number of nitrogens with zero attached hydrogens (tertiary/aromatic N) is 3. The molecule has 0 aliphatic rings. The molecule has 6 heteroatoms. The molecule has 0 aliphatic heterocycles. The first kappa shape index (κ1) is 11.8. The highest BCUT2D eigenvalue weighted by Crippen LogP contribution is 2.01. The fourth-order valence-electron chi connectivity index (χ4n) is 1.11. The minimum absolute atomic E-state index is 0.568. The predicted octanol–water partition coefficient (Wildman–Crippen LogP) is -0.160. The Hall–Kier alpha value is -1.24. The SMILES string of the molecule is COCCN(C)Cc1cnc(NN)cn1. The molecule has 6 nitrogen and oxygen atoms in total. The van der Waals surface area contributed by atoms with Crippen molar-refractivity contribution in [3.63, 3.8) is 0 Å². The van der Waals surface area contributed by atoms with Gasteiger partial charge in [0.2, 0.25) is 0 Å². The van der Waals surface area contributed by atoms with Gasteiger partial charge in [-0.15, -0.1) is 0 Å². The fourth-order valence-corrected chi connectivity index (χ4v) is 1.11. The number of nitrogens with two attached hydrogens (primary N) is 1. The molecule has 0 fully saturated rings. The first-order chi connectivity index (χ1) is 7.26. The van der Waals surface area contributed by atoms with Gasteiger partial charge in [-0.25, -0.2) is 10.8 Å². The van der Waals surface area contributed by atoms with E-state index in [9.17, 15) is 0 Å². The first-order valence-corrected chi connectivity index (χ1v) is 4.71. The van der Waals surface area contributed by atoms with E-state index < -0.39 is 0 Å². The van der Waals surface area contributed by atoms with E-state index in [0.717, 1.165) is 18.8 Å². The maximum absolute atomic E-state index is 5.19. The van der Waals surface area contributed by atoms with Crippen molar-refractivity contribution in [1.29, 1.82) is 0 Å². The van der Waals surface area contributed by atoms with Crippen LogP contribution in [0.3, 0.4) is 0 Å². The van der Waals surface area contributed by atoms with Crippen LogP contribution in [0.2, 0.25) is 0 Å². The van der Waals surface area contributed by atoms with Gasteiger partial charge in [-0.2, -0.15) is 0 Å². The summed E-state index contributed by atoms with van der Waals surface area (Å²) in [5.74, 6) is 5.76. The van der Waals surface area contributed by atoms with E-state index in [1.54, 1.807) is 19.5 Å². The standard InChI is InChI=1S/C9H17N5O/c1-14(3-4-15-2)7-8-5-12-9(13-10)6-11-8/h5-6H,3-4,7,10H2,1-2H3,(H,12,13). The highest BCUT2D eigenvalue weighted by atomic mass is 16.5. The third-order valence-electron chi connectivity index (χ3n) is 1.96. The van der Waals surface area contributed by atoms with E-state index in [-0.39, 0.29) is 0 Å². The van der Waals surface area contributed by atoms with Crippen LogP contribution in [0.1, 0.15) is 5.69 Å². The van der Waals surface area contributed by atoms with Gasteiger partial charge in [0.05, 0.1) is 24.7 Å². The molecular weight excluding hydrogens is 194 g/mol. The topological polar surface area (TPSA) is 76.3 Å². The van der Waals surface area contributed by atoms with E-state index in [2.05, 4.69) is 20.3 Å². The highest BCUT2D eigenvalue weighted by Gasteiger charge is 2.01. The molecule has 0 saturated carbocycles. The smallest absolute Gasteiger partial charge is 0.158 e. The quantitative estimate of drug-likeness (QED) is 0.503. The van der Waals surface area contributed by atoms with Crippen molar-refractivity contribution in [2.75, 3.05) is 32.7 Å². The summed E-state index contributed by atoms with van der Waals surface area (Å²) in [6.07, 6.45) is 3.32. The number of aromatic nitrogens is 2. The van der Waals surface area contributed by atoms with E-state index >= 15 is 0 Å². The fraction of sp³-hybridized carbons (Fsp3) is 0.556. The first-order valence-electron chi connectivity index (χ1n) is 4.71. The number of hydrogen-bond donors (Lipinski definition) is 2. The van der Waals surface area contributed by atoms with E-state index in [0.29, 0.717) is 12.4 Å². The van der Waals surface area contributed by atoms with Crippen LogP contribution in [0.25, 0.3) is 0 Å². The Bertz CT molecular complexity index is 276. The molecule has 84 valence electrons. The lowest BCUT2D eigenvalue weighted by Crippen LogP contribution is -2.23. The van der Waals surface area contributed by atoms with Gasteiger partial charge in [0.15, 0.2) is 5.82 Å². The van der Waals surface area contributed by atoms with Gasteiger partial charge in [-0.05, 0) is 7.05 Å². The number of hydrogen-bond acceptors (Lipinski definition) is 6. The lowest BCUT2D eigenvalue weighted by atomic mass is 10.4. The number of ether oxygens (including phenoxy) is 1. The molecule has 1 rings (SSSR count). The van der Waals surface area contributed by atoms with Gasteiger partial charge in [0.25, 0.3) is 0 Å². The summed E-state index contributed by atoms with van der Waals surface area (Å²) in [5.41, 5.74) is 3.34. The minimum Gasteiger partial charge on any atom is -0.383 e. The molecule has 3 N–H and O–H groups in total. The third kappa shape index (κ3) is 4.20. The Labute approximate surface area is 89.4 Å². The molecule has 0 aliphatic carbocycles. The van der Waals surface area contributed by atoms with Crippen LogP contribution in [0, 0.1) is 0 Å². The molecule has 0 bridgehead atoms. The van der Waals surface area contributed by atoms with Crippen molar-refractivity contribution >= 4 is 5.82 Å². The Kier molecular flexibility index (Phi) is 4.96. The Morgan fingerprint density at radius 1 is 1.47 bits per heavy atom. The molecule has 0 spiro atoms. The van der Waals surface area contributed by atoms with Gasteiger partial charge in [-0.3, -0.25) is 9.88 Å². The Morgan fingerprint density at radius 3 is 2.80 bits per heavy atom. The van der Waals surface area contributed by atoms with Crippen molar-refractivity contribution < 1.29 is 4.74 Å². The number of nitrogens with one attached hydrogen (secondary N) is 1. The largest absolute Gasteiger partial charge is 0.383 e. The van der Waals surface area contributed by atoms with Crippen molar-refractivity contribution in [3.05, 3.63) is 18.1 Å². The van der Waals surface area contributed by atoms with Crippen LogP contribution in [-0.4, -0.2) is 42.2 Å². The molecule has 1 aromatic rings. The van der Waals surface area contributed by atoms with E-state index in [1.165, 1.54) is 0 Å². The Morgan fingerprint density at radius 2 is 2.27 bits per heavy atom. The van der Waals surface area contributed by atoms with Crippen molar-refractivity contribution in [2.24, 2.45) is 5.84 Å². The third-order valence-corrected chi connectivity index (χ3v) is 1.96. The van der Waals surface area contributed by atoms with Gasteiger partial charge in [0, 0.05) is 20.2 Å². The molecule has 0 aromatic carbocycles. The highest BCUT2D eigenvalue weighted by molar-refractivity contribution is 5.28. The lowest BCUT2D eigenvalue weighted by Gasteiger charge is -2.14. The van der Waals surface area contributed by atoms with Crippen LogP contribution in [0.15, 0.2) is 12.4 Å². The number of rotatable bonds is 6. The van der Waals surface area contributed by atoms with E-state index in [4.69, 9.17) is 10.6 Å². The summed E-state index contributed by atoms with van der Waals surface area (Å²) < 4.78 is 4.98. The second-order valence-corrected chi connectivity index (χ2v) is 3.27. The number of hydrazine groups is 1. The number of likely N-dealkylation sites (N-methyl/N-ethyl adjacent to an activating group) is 1. The zero-order chi connectivity index (χ0) is 11.1. The van der Waals surface area contributed by atoms with Crippen LogP contribution in [0.5, 0.6) is 0 Å². The van der Waals surface area contributed by atoms with E-state index in [1.807, 2.05) is 7.05 Å². The molecule has 0 atom stereocenters. The molecule has 15 heavy (non-hydrogen) atoms. The van der Waals surface area contributed by atoms with Gasteiger partial charge < -0.3 is 10.2 Å². The summed E-state index contributed by atoms with van der Waals surface area (Å²) >= 11 is 0. The average molecular weight is 211 g/mol. The maximum Gasteiger partial charge on any atom is 0.158 e. The second-order valence-electron chi connectivity index (χ2n) is 3.27. The zero-order valence-electron chi connectivity index (χ0n) is 9.10. The van der Waals surface area contributed by atoms with Crippen molar-refractivity contribution in [3.8, 4) is 0 Å². The minimum atomic E-state index is 0.568. The zero-order valence-corrected chi connectivity index (χ0v) is 9.10. The average Bonchev–Trinajstić information content (AvgIpc) is 2.27. The van der Waals surface area contributed by atoms with Crippen LogP contribution < -0.4 is 11.3 Å². The second kappa shape index (κ2) is 6.28. The number of methoxy groups -OCH3 is 1. The van der Waals surface area contributed by atoms with Crippen LogP contribution >= 0.6 is 0 Å². The van der Waals surface area contributed by atoms with Crippen molar-refractivity contribution in [2.45, 2.75) is 6.54 Å². The van der Waals surface area contributed by atoms with Gasteiger partial charge >= 0.3 is 0 Å². The molecule has 1 heterocycles. The molecule has 0 saturated heterocycles. The summed E-state index contributed by atoms with van der Waals surface area (Å²) in [7, 11) is 3.70. The number of anilines is 1. The van der Waals surface area contributed by atoms with Crippen LogP contribution in [0.4, 0.5) is 5.82 Å². The molecule has 0 amide bonds. The Balaban J connectivity index is 2.42. The summed E-state index contributed by atoms with van der Waals surface area (Å²) in [6, 6.07) is 0. The van der Waals surface area contributed by atoms with Crippen LogP contribution in [-0.2, 0) is 11.3 Å². The summed E-state index contributed by atoms with van der Waals surface area (Å²) in [6.45, 7) is 2.34. The summed E-state index contributed by atoms with van der Waals surface area (Å²) in [4.78, 5) is 10.4. The maximum atomic E-state index is 5.19. The normalized spacial score (nSPS) is 10.7. The van der Waals surface area contributed by atoms with Crippen molar-refractivity contribution in [1.82, 2.24) is 14.9 Å². The molecule has 1 aromatic heterocycles. The summed E-state index contributed by atoms with van der Waals surface area (Å²) in [5, 5.41) is 0. The number of nitrogen functional groups attached to an aromatic ring is 1. The molecule has 0 radical (unpaired) electrons. The predicted molar refractivity (Wildman–Crippen MR) is 58.1 cm³/mol. The van der Waals surface area contributed by atoms with Gasteiger partial charge in [0.1, 0.15) is 0 Å². The van der Waals surface area contributed by atoms with Gasteiger partial charge in [-0.1, -0.05) is 0 Å². The lowest BCUT2D eigenvalue weighted by molar-refractivity contribution is 0.158. The monoisotopic (exact) mass is 211 g/mol.